The predicted octanol–water partition coefficient (Wildman–Crippen LogP) is 4.28. The summed E-state index contributed by atoms with van der Waals surface area (Å²) >= 11 is 0.443. The summed E-state index contributed by atoms with van der Waals surface area (Å²) in [4.78, 5) is 12.5. The molecule has 0 fully saturated rings. The minimum Gasteiger partial charge on any atom is -0.481 e. The van der Waals surface area contributed by atoms with E-state index in [1.54, 1.807) is 43.3 Å². The van der Waals surface area contributed by atoms with E-state index in [1.165, 1.54) is 12.1 Å². The van der Waals surface area contributed by atoms with Gasteiger partial charge in [0.15, 0.2) is 6.10 Å². The summed E-state index contributed by atoms with van der Waals surface area (Å²) in [5, 5.41) is 11.4. The van der Waals surface area contributed by atoms with E-state index in [4.69, 9.17) is 10.00 Å². The molecule has 2 aromatic carbocycles. The third-order valence-electron chi connectivity index (χ3n) is 3.01. The Hall–Kier alpha value is -2.59. The van der Waals surface area contributed by atoms with Crippen LogP contribution in [0.15, 0.2) is 53.4 Å². The number of halogens is 2. The van der Waals surface area contributed by atoms with Crippen LogP contribution in [0, 0.1) is 11.3 Å². The Kier molecular flexibility index (Phi) is 6.15. The van der Waals surface area contributed by atoms with Crippen molar-refractivity contribution in [3.8, 4) is 11.8 Å². The van der Waals surface area contributed by atoms with Crippen molar-refractivity contribution in [2.24, 2.45) is 0 Å². The van der Waals surface area contributed by atoms with Gasteiger partial charge in [0, 0.05) is 10.6 Å². The number of carbonyl (C=O) groups is 1. The van der Waals surface area contributed by atoms with Crippen molar-refractivity contribution in [2.75, 3.05) is 5.32 Å². The first kappa shape index (κ1) is 17.8. The highest BCUT2D eigenvalue weighted by Gasteiger charge is 2.15. The maximum atomic E-state index is 12.3. The number of rotatable bonds is 6. The zero-order chi connectivity index (χ0) is 17.5. The highest BCUT2D eigenvalue weighted by atomic mass is 32.2. The standard InChI is InChI=1S/C17H14F2N2O2S/c1-11(23-14-6-2-12(10-20)3-7-14)16(22)21-13-4-8-15(9-5-13)24-17(18)19/h2-9,11,17H,1H3,(H,21,22). The minimum absolute atomic E-state index is 0.367. The van der Waals surface area contributed by atoms with Gasteiger partial charge in [-0.2, -0.15) is 14.0 Å². The van der Waals surface area contributed by atoms with Crippen LogP contribution in [0.2, 0.25) is 0 Å². The van der Waals surface area contributed by atoms with Crippen molar-refractivity contribution in [1.29, 1.82) is 5.26 Å². The van der Waals surface area contributed by atoms with E-state index in [0.29, 0.717) is 33.7 Å². The molecule has 0 aliphatic rings. The second-order valence-corrected chi connectivity index (χ2v) is 5.85. The molecule has 0 aliphatic heterocycles. The SMILES string of the molecule is CC(Oc1ccc(C#N)cc1)C(=O)Nc1ccc(SC(F)F)cc1. The summed E-state index contributed by atoms with van der Waals surface area (Å²) in [6.07, 6.45) is -0.756. The summed E-state index contributed by atoms with van der Waals surface area (Å²) in [5.41, 5.74) is 0.995. The first-order valence-electron chi connectivity index (χ1n) is 7.00. The lowest BCUT2D eigenvalue weighted by atomic mass is 10.2. The van der Waals surface area contributed by atoms with Gasteiger partial charge in [-0.15, -0.1) is 0 Å². The van der Waals surface area contributed by atoms with Crippen molar-refractivity contribution in [1.82, 2.24) is 0 Å². The number of ether oxygens (including phenoxy) is 1. The van der Waals surface area contributed by atoms with E-state index < -0.39 is 11.9 Å². The molecule has 1 unspecified atom stereocenters. The lowest BCUT2D eigenvalue weighted by Gasteiger charge is -2.15. The van der Waals surface area contributed by atoms with Gasteiger partial charge in [0.1, 0.15) is 5.75 Å². The number of benzene rings is 2. The number of nitrogens with zero attached hydrogens (tertiary/aromatic N) is 1. The van der Waals surface area contributed by atoms with Crippen LogP contribution in [0.3, 0.4) is 0 Å². The van der Waals surface area contributed by atoms with Crippen LogP contribution in [-0.2, 0) is 4.79 Å². The number of thioether (sulfide) groups is 1. The van der Waals surface area contributed by atoms with Crippen molar-refractivity contribution >= 4 is 23.4 Å². The average Bonchev–Trinajstić information content (AvgIpc) is 2.56. The Morgan fingerprint density at radius 1 is 1.17 bits per heavy atom. The molecule has 0 spiro atoms. The molecule has 2 aromatic rings. The Balaban J connectivity index is 1.92. The second kappa shape index (κ2) is 8.31. The Morgan fingerprint density at radius 2 is 1.79 bits per heavy atom. The molecular weight excluding hydrogens is 334 g/mol. The van der Waals surface area contributed by atoms with Crippen LogP contribution < -0.4 is 10.1 Å². The normalized spacial score (nSPS) is 11.6. The van der Waals surface area contributed by atoms with Gasteiger partial charge in [0.25, 0.3) is 11.7 Å². The van der Waals surface area contributed by atoms with Crippen molar-refractivity contribution in [3.05, 3.63) is 54.1 Å². The van der Waals surface area contributed by atoms with Gasteiger partial charge in [-0.25, -0.2) is 0 Å². The summed E-state index contributed by atoms with van der Waals surface area (Å²) in [6, 6.07) is 14.5. The zero-order valence-electron chi connectivity index (χ0n) is 12.7. The molecular formula is C17H14F2N2O2S. The number of alkyl halides is 2. The van der Waals surface area contributed by atoms with E-state index in [1.807, 2.05) is 6.07 Å². The van der Waals surface area contributed by atoms with Crippen LogP contribution in [0.5, 0.6) is 5.75 Å². The summed E-state index contributed by atoms with van der Waals surface area (Å²) in [5.74, 6) is -2.37. The molecule has 4 nitrogen and oxygen atoms in total. The van der Waals surface area contributed by atoms with Gasteiger partial charge in [-0.05, 0) is 55.5 Å². The second-order valence-electron chi connectivity index (χ2n) is 4.79. The van der Waals surface area contributed by atoms with E-state index in [2.05, 4.69) is 5.32 Å². The molecule has 0 bridgehead atoms. The fraction of sp³-hybridized carbons (Fsp3) is 0.176. The molecule has 1 atom stereocenters. The van der Waals surface area contributed by atoms with Gasteiger partial charge in [0.05, 0.1) is 11.6 Å². The van der Waals surface area contributed by atoms with Gasteiger partial charge in [-0.1, -0.05) is 11.8 Å². The Bertz CT molecular complexity index is 728. The fourth-order valence-electron chi connectivity index (χ4n) is 1.83. The van der Waals surface area contributed by atoms with Crippen LogP contribution in [0.25, 0.3) is 0 Å². The summed E-state index contributed by atoms with van der Waals surface area (Å²) < 4.78 is 30.0. The van der Waals surface area contributed by atoms with Gasteiger partial charge in [0.2, 0.25) is 0 Å². The summed E-state index contributed by atoms with van der Waals surface area (Å²) in [6.45, 7) is 1.59. The summed E-state index contributed by atoms with van der Waals surface area (Å²) in [7, 11) is 0. The fourth-order valence-corrected chi connectivity index (χ4v) is 2.33. The molecule has 7 heteroatoms. The molecule has 2 rings (SSSR count). The Morgan fingerprint density at radius 3 is 2.33 bits per heavy atom. The smallest absolute Gasteiger partial charge is 0.288 e. The quantitative estimate of drug-likeness (QED) is 0.792. The zero-order valence-corrected chi connectivity index (χ0v) is 13.5. The monoisotopic (exact) mass is 348 g/mol. The van der Waals surface area contributed by atoms with E-state index >= 15 is 0 Å². The predicted molar refractivity (Wildman–Crippen MR) is 88.2 cm³/mol. The first-order chi connectivity index (χ1) is 11.5. The molecule has 0 aromatic heterocycles. The van der Waals surface area contributed by atoms with Crippen LogP contribution in [-0.4, -0.2) is 17.8 Å². The number of nitrogens with one attached hydrogen (secondary N) is 1. The number of anilines is 1. The molecule has 0 saturated carbocycles. The first-order valence-corrected chi connectivity index (χ1v) is 7.88. The lowest BCUT2D eigenvalue weighted by molar-refractivity contribution is -0.122. The van der Waals surface area contributed by atoms with Crippen LogP contribution in [0.4, 0.5) is 14.5 Å². The van der Waals surface area contributed by atoms with Gasteiger partial charge >= 0.3 is 0 Å². The number of hydrogen-bond donors (Lipinski definition) is 1. The van der Waals surface area contributed by atoms with Crippen molar-refractivity contribution in [3.63, 3.8) is 0 Å². The van der Waals surface area contributed by atoms with Gasteiger partial charge in [-0.3, -0.25) is 4.79 Å². The van der Waals surface area contributed by atoms with Crippen molar-refractivity contribution < 1.29 is 18.3 Å². The Labute approximate surface area is 142 Å². The third-order valence-corrected chi connectivity index (χ3v) is 3.74. The molecule has 0 radical (unpaired) electrons. The number of hydrogen-bond acceptors (Lipinski definition) is 4. The highest BCUT2D eigenvalue weighted by molar-refractivity contribution is 7.99. The van der Waals surface area contributed by atoms with E-state index in [9.17, 15) is 13.6 Å². The molecule has 1 N–H and O–H groups in total. The van der Waals surface area contributed by atoms with Crippen molar-refractivity contribution in [2.45, 2.75) is 23.7 Å². The molecule has 1 amide bonds. The minimum atomic E-state index is -2.48. The third kappa shape index (κ3) is 5.25. The highest BCUT2D eigenvalue weighted by Crippen LogP contribution is 2.26. The largest absolute Gasteiger partial charge is 0.481 e. The molecule has 24 heavy (non-hydrogen) atoms. The van der Waals surface area contributed by atoms with E-state index in [0.717, 1.165) is 0 Å². The molecule has 0 saturated heterocycles. The topological polar surface area (TPSA) is 62.1 Å². The molecule has 124 valence electrons. The number of amides is 1. The number of nitriles is 1. The van der Waals surface area contributed by atoms with Crippen LogP contribution >= 0.6 is 11.8 Å². The van der Waals surface area contributed by atoms with Crippen LogP contribution in [0.1, 0.15) is 12.5 Å². The maximum absolute atomic E-state index is 12.3. The lowest BCUT2D eigenvalue weighted by Crippen LogP contribution is -2.30. The number of carbonyl (C=O) groups excluding carboxylic acids is 1. The maximum Gasteiger partial charge on any atom is 0.288 e. The van der Waals surface area contributed by atoms with E-state index in [-0.39, 0.29) is 5.91 Å². The molecule has 0 aliphatic carbocycles. The average molecular weight is 348 g/mol. The van der Waals surface area contributed by atoms with Gasteiger partial charge < -0.3 is 10.1 Å². The molecule has 0 heterocycles.